The molecule has 2 rings (SSSR count). The monoisotopic (exact) mass is 299 g/mol. The van der Waals surface area contributed by atoms with Crippen molar-refractivity contribution in [1.29, 1.82) is 0 Å². The average molecular weight is 299 g/mol. The Bertz CT molecular complexity index is 524. The third-order valence-electron chi connectivity index (χ3n) is 3.89. The standard InChI is InChI=1S/C16H20F3NO/c1-11(2)9-15(8-7-14(21)20-15)10-12-5-3-4-6-13(12)16(17,18)19/h3-6,11H,7-10H2,1-2H3,(H,20,21). The lowest BCUT2D eigenvalue weighted by atomic mass is 9.81. The maximum atomic E-state index is 13.1. The molecule has 1 fully saturated rings. The van der Waals surface area contributed by atoms with E-state index in [1.54, 1.807) is 6.07 Å². The second-order valence-corrected chi connectivity index (χ2v) is 6.26. The molecule has 1 aliphatic rings. The molecular weight excluding hydrogens is 279 g/mol. The van der Waals surface area contributed by atoms with Crippen LogP contribution in [0.1, 0.15) is 44.2 Å². The second-order valence-electron chi connectivity index (χ2n) is 6.26. The van der Waals surface area contributed by atoms with Crippen molar-refractivity contribution in [2.75, 3.05) is 0 Å². The molecule has 1 unspecified atom stereocenters. The van der Waals surface area contributed by atoms with Crippen LogP contribution in [0.4, 0.5) is 13.2 Å². The first-order valence-electron chi connectivity index (χ1n) is 7.18. The molecule has 0 radical (unpaired) electrons. The van der Waals surface area contributed by atoms with Crippen molar-refractivity contribution in [2.45, 2.75) is 51.2 Å². The van der Waals surface area contributed by atoms with E-state index in [4.69, 9.17) is 0 Å². The molecule has 1 aliphatic heterocycles. The quantitative estimate of drug-likeness (QED) is 0.896. The summed E-state index contributed by atoms with van der Waals surface area (Å²) in [7, 11) is 0. The Hall–Kier alpha value is -1.52. The smallest absolute Gasteiger partial charge is 0.350 e. The van der Waals surface area contributed by atoms with Gasteiger partial charge in [0.25, 0.3) is 0 Å². The highest BCUT2D eigenvalue weighted by atomic mass is 19.4. The van der Waals surface area contributed by atoms with Crippen molar-refractivity contribution in [2.24, 2.45) is 5.92 Å². The number of carbonyl (C=O) groups excluding carboxylic acids is 1. The van der Waals surface area contributed by atoms with Crippen LogP contribution in [0.15, 0.2) is 24.3 Å². The van der Waals surface area contributed by atoms with E-state index in [-0.39, 0.29) is 17.9 Å². The molecule has 1 atom stereocenters. The maximum Gasteiger partial charge on any atom is 0.416 e. The lowest BCUT2D eigenvalue weighted by Gasteiger charge is -2.32. The zero-order valence-electron chi connectivity index (χ0n) is 12.3. The Morgan fingerprint density at radius 2 is 1.95 bits per heavy atom. The fourth-order valence-electron chi connectivity index (χ4n) is 3.23. The Labute approximate surface area is 122 Å². The number of carbonyl (C=O) groups is 1. The van der Waals surface area contributed by atoms with Crippen LogP contribution in [0, 0.1) is 5.92 Å². The summed E-state index contributed by atoms with van der Waals surface area (Å²) >= 11 is 0. The van der Waals surface area contributed by atoms with E-state index in [2.05, 4.69) is 5.32 Å². The molecule has 1 saturated heterocycles. The fraction of sp³-hybridized carbons (Fsp3) is 0.562. The summed E-state index contributed by atoms with van der Waals surface area (Å²) in [5.74, 6) is 0.238. The van der Waals surface area contributed by atoms with E-state index in [9.17, 15) is 18.0 Å². The molecule has 116 valence electrons. The summed E-state index contributed by atoms with van der Waals surface area (Å²) in [4.78, 5) is 11.6. The first-order chi connectivity index (χ1) is 9.72. The highest BCUT2D eigenvalue weighted by Gasteiger charge is 2.41. The summed E-state index contributed by atoms with van der Waals surface area (Å²) < 4.78 is 39.3. The summed E-state index contributed by atoms with van der Waals surface area (Å²) in [5, 5.41) is 2.92. The molecule has 0 bridgehead atoms. The molecular formula is C16H20F3NO. The van der Waals surface area contributed by atoms with Crippen LogP contribution in [0.3, 0.4) is 0 Å². The molecule has 0 aromatic heterocycles. The van der Waals surface area contributed by atoms with Crippen LogP contribution in [0.25, 0.3) is 0 Å². The average Bonchev–Trinajstić information content (AvgIpc) is 2.68. The number of nitrogens with one attached hydrogen (secondary N) is 1. The Morgan fingerprint density at radius 1 is 1.29 bits per heavy atom. The van der Waals surface area contributed by atoms with Crippen LogP contribution in [0.5, 0.6) is 0 Å². The van der Waals surface area contributed by atoms with E-state index in [1.807, 2.05) is 13.8 Å². The highest BCUT2D eigenvalue weighted by molar-refractivity contribution is 5.79. The molecule has 1 amide bonds. The van der Waals surface area contributed by atoms with Gasteiger partial charge >= 0.3 is 6.18 Å². The minimum absolute atomic E-state index is 0.0693. The van der Waals surface area contributed by atoms with E-state index in [1.165, 1.54) is 12.1 Å². The molecule has 0 saturated carbocycles. The van der Waals surface area contributed by atoms with Gasteiger partial charge in [-0.2, -0.15) is 13.2 Å². The van der Waals surface area contributed by atoms with Crippen molar-refractivity contribution in [3.8, 4) is 0 Å². The molecule has 1 heterocycles. The summed E-state index contributed by atoms with van der Waals surface area (Å²) in [5.41, 5.74) is -0.894. The van der Waals surface area contributed by atoms with Crippen molar-refractivity contribution >= 4 is 5.91 Å². The summed E-state index contributed by atoms with van der Waals surface area (Å²) in [6, 6.07) is 5.63. The topological polar surface area (TPSA) is 29.1 Å². The predicted octanol–water partition coefficient (Wildman–Crippen LogP) is 3.94. The van der Waals surface area contributed by atoms with Crippen LogP contribution >= 0.6 is 0 Å². The summed E-state index contributed by atoms with van der Waals surface area (Å²) in [6.07, 6.45) is -2.47. The Kier molecular flexibility index (Phi) is 4.30. The van der Waals surface area contributed by atoms with Crippen molar-refractivity contribution < 1.29 is 18.0 Å². The maximum absolute atomic E-state index is 13.1. The molecule has 5 heteroatoms. The number of hydrogen-bond donors (Lipinski definition) is 1. The molecule has 21 heavy (non-hydrogen) atoms. The Balaban J connectivity index is 2.32. The fourth-order valence-corrected chi connectivity index (χ4v) is 3.23. The van der Waals surface area contributed by atoms with Crippen LogP contribution in [0.2, 0.25) is 0 Å². The van der Waals surface area contributed by atoms with Gasteiger partial charge in [0.15, 0.2) is 0 Å². The minimum atomic E-state index is -4.36. The first-order valence-corrected chi connectivity index (χ1v) is 7.18. The van der Waals surface area contributed by atoms with Crippen molar-refractivity contribution in [1.82, 2.24) is 5.32 Å². The lowest BCUT2D eigenvalue weighted by molar-refractivity contribution is -0.138. The normalized spacial score (nSPS) is 22.7. The van der Waals surface area contributed by atoms with Gasteiger partial charge in [-0.05, 0) is 36.8 Å². The van der Waals surface area contributed by atoms with Crippen molar-refractivity contribution in [3.63, 3.8) is 0 Å². The molecule has 1 N–H and O–H groups in total. The van der Waals surface area contributed by atoms with E-state index >= 15 is 0 Å². The SMILES string of the molecule is CC(C)CC1(Cc2ccccc2C(F)(F)F)CCC(=O)N1. The number of amides is 1. The van der Waals surface area contributed by atoms with E-state index in [0.717, 1.165) is 6.07 Å². The number of alkyl halides is 3. The van der Waals surface area contributed by atoms with E-state index in [0.29, 0.717) is 25.2 Å². The molecule has 0 spiro atoms. The second kappa shape index (κ2) is 5.70. The number of hydrogen-bond acceptors (Lipinski definition) is 1. The molecule has 0 aliphatic carbocycles. The van der Waals surface area contributed by atoms with E-state index < -0.39 is 17.3 Å². The van der Waals surface area contributed by atoms with Crippen LogP contribution < -0.4 is 5.32 Å². The van der Waals surface area contributed by atoms with Crippen LogP contribution in [-0.4, -0.2) is 11.4 Å². The third kappa shape index (κ3) is 3.77. The number of benzene rings is 1. The van der Waals surface area contributed by atoms with Gasteiger partial charge in [0.1, 0.15) is 0 Å². The zero-order valence-corrected chi connectivity index (χ0v) is 12.3. The molecule has 1 aromatic rings. The van der Waals surface area contributed by atoms with Gasteiger partial charge in [0, 0.05) is 12.0 Å². The van der Waals surface area contributed by atoms with Gasteiger partial charge in [0.2, 0.25) is 5.91 Å². The Morgan fingerprint density at radius 3 is 2.48 bits per heavy atom. The highest BCUT2D eigenvalue weighted by Crippen LogP contribution is 2.37. The minimum Gasteiger partial charge on any atom is -0.350 e. The largest absolute Gasteiger partial charge is 0.416 e. The zero-order chi connectivity index (χ0) is 15.7. The third-order valence-corrected chi connectivity index (χ3v) is 3.89. The van der Waals surface area contributed by atoms with Gasteiger partial charge in [0.05, 0.1) is 5.56 Å². The van der Waals surface area contributed by atoms with Gasteiger partial charge in [-0.15, -0.1) is 0 Å². The molecule has 1 aromatic carbocycles. The first kappa shape index (κ1) is 15.9. The summed E-state index contributed by atoms with van der Waals surface area (Å²) in [6.45, 7) is 4.03. The number of halogens is 3. The van der Waals surface area contributed by atoms with Crippen molar-refractivity contribution in [3.05, 3.63) is 35.4 Å². The van der Waals surface area contributed by atoms with Crippen LogP contribution in [-0.2, 0) is 17.4 Å². The molecule has 2 nitrogen and oxygen atoms in total. The van der Waals surface area contributed by atoms with Gasteiger partial charge in [-0.3, -0.25) is 4.79 Å². The predicted molar refractivity (Wildman–Crippen MR) is 74.7 cm³/mol. The lowest BCUT2D eigenvalue weighted by Crippen LogP contribution is -2.45. The van der Waals surface area contributed by atoms with Gasteiger partial charge in [-0.25, -0.2) is 0 Å². The number of rotatable bonds is 4. The van der Waals surface area contributed by atoms with Gasteiger partial charge in [-0.1, -0.05) is 32.0 Å². The van der Waals surface area contributed by atoms with Gasteiger partial charge < -0.3 is 5.32 Å².